The van der Waals surface area contributed by atoms with Crippen LogP contribution in [-0.2, 0) is 11.0 Å². The summed E-state index contributed by atoms with van der Waals surface area (Å²) in [6.07, 6.45) is -0.177. The molecule has 0 aliphatic carbocycles. The molecule has 1 unspecified atom stereocenters. The second kappa shape index (κ2) is 8.97. The van der Waals surface area contributed by atoms with E-state index in [-0.39, 0.29) is 22.5 Å². The number of carbonyl (C=O) groups is 2. The van der Waals surface area contributed by atoms with Gasteiger partial charge in [-0.25, -0.2) is 14.5 Å². The highest BCUT2D eigenvalue weighted by molar-refractivity contribution is 5.98. The summed E-state index contributed by atoms with van der Waals surface area (Å²) in [6, 6.07) is 9.09. The number of primary amides is 1. The Kier molecular flexibility index (Phi) is 6.03. The topological polar surface area (TPSA) is 137 Å². The molecule has 2 aromatic carbocycles. The lowest BCUT2D eigenvalue weighted by Crippen LogP contribution is -2.26. The van der Waals surface area contributed by atoms with Crippen molar-refractivity contribution in [2.75, 3.05) is 0 Å². The number of halogens is 3. The predicted octanol–water partition coefficient (Wildman–Crippen LogP) is 3.37. The number of aromatic carboxylic acids is 1. The Hall–Kier alpha value is -4.61. The number of carbonyl (C=O) groups excluding carboxylic acids is 1. The number of hydrogen-bond acceptors (Lipinski definition) is 6. The van der Waals surface area contributed by atoms with Crippen molar-refractivity contribution in [1.29, 1.82) is 0 Å². The first kappa shape index (κ1) is 23.5. The molecule has 12 heteroatoms. The number of alkyl halides is 3. The van der Waals surface area contributed by atoms with Crippen LogP contribution in [0, 0.1) is 6.92 Å². The summed E-state index contributed by atoms with van der Waals surface area (Å²) >= 11 is 0. The third kappa shape index (κ3) is 4.58. The monoisotopic (exact) mass is 482 g/mol. The lowest BCUT2D eigenvalue weighted by molar-refractivity contribution is -0.146. The van der Waals surface area contributed by atoms with E-state index in [2.05, 4.69) is 20.1 Å². The number of carboxylic acid groups (broad SMARTS) is 1. The van der Waals surface area contributed by atoms with Crippen LogP contribution in [0.5, 0.6) is 0 Å². The van der Waals surface area contributed by atoms with Crippen molar-refractivity contribution in [1.82, 2.24) is 24.7 Å². The summed E-state index contributed by atoms with van der Waals surface area (Å²) < 4.78 is 41.0. The van der Waals surface area contributed by atoms with Gasteiger partial charge in [-0.1, -0.05) is 29.8 Å². The van der Waals surface area contributed by atoms with Gasteiger partial charge in [-0.05, 0) is 35.7 Å². The second-order valence-corrected chi connectivity index (χ2v) is 7.58. The highest BCUT2D eigenvalue weighted by atomic mass is 19.4. The quantitative estimate of drug-likeness (QED) is 0.430. The first-order valence-corrected chi connectivity index (χ1v) is 10.1. The minimum absolute atomic E-state index is 0.0354. The highest BCUT2D eigenvalue weighted by Crippen LogP contribution is 2.38. The largest absolute Gasteiger partial charge is 0.478 e. The van der Waals surface area contributed by atoms with Gasteiger partial charge in [-0.15, -0.1) is 0 Å². The van der Waals surface area contributed by atoms with Crippen LogP contribution in [0.1, 0.15) is 38.9 Å². The standard InChI is InChI=1S/C23H17F3N6O3/c1-12-2-4-13(5-3-12)15-8-14(32-22(23(24,25)26)30-11-31-32)9-16(21(34)35)18(15)19(20(27)33)17-10-28-6-7-29-17/h2-11,19H,1H3,(H2,27,33)(H,34,35). The summed E-state index contributed by atoms with van der Waals surface area (Å²) in [5.41, 5.74) is 6.56. The van der Waals surface area contributed by atoms with Gasteiger partial charge in [0.2, 0.25) is 11.7 Å². The van der Waals surface area contributed by atoms with E-state index in [9.17, 15) is 27.9 Å². The Bertz CT molecular complexity index is 1400. The number of amides is 1. The van der Waals surface area contributed by atoms with Crippen molar-refractivity contribution < 1.29 is 27.9 Å². The van der Waals surface area contributed by atoms with Crippen molar-refractivity contribution in [3.8, 4) is 16.8 Å². The van der Waals surface area contributed by atoms with E-state index in [4.69, 9.17) is 5.73 Å². The van der Waals surface area contributed by atoms with Gasteiger partial charge in [0.1, 0.15) is 12.2 Å². The van der Waals surface area contributed by atoms with Gasteiger partial charge in [-0.3, -0.25) is 14.8 Å². The van der Waals surface area contributed by atoms with Crippen LogP contribution in [-0.4, -0.2) is 41.7 Å². The summed E-state index contributed by atoms with van der Waals surface area (Å²) in [5.74, 6) is -5.08. The number of hydrogen-bond donors (Lipinski definition) is 2. The molecule has 9 nitrogen and oxygen atoms in total. The molecular formula is C23H17F3N6O3. The average molecular weight is 482 g/mol. The molecule has 0 saturated carbocycles. The average Bonchev–Trinajstić information content (AvgIpc) is 3.31. The first-order valence-electron chi connectivity index (χ1n) is 10.1. The summed E-state index contributed by atoms with van der Waals surface area (Å²) in [6.45, 7) is 1.83. The molecule has 2 aromatic heterocycles. The summed E-state index contributed by atoms with van der Waals surface area (Å²) in [5, 5.41) is 13.7. The molecule has 178 valence electrons. The van der Waals surface area contributed by atoms with Crippen LogP contribution in [0.15, 0.2) is 61.3 Å². The smallest absolute Gasteiger partial charge is 0.451 e. The normalized spacial score (nSPS) is 12.3. The van der Waals surface area contributed by atoms with Crippen LogP contribution >= 0.6 is 0 Å². The second-order valence-electron chi connectivity index (χ2n) is 7.58. The van der Waals surface area contributed by atoms with Crippen molar-refractivity contribution in [2.24, 2.45) is 5.73 Å². The minimum Gasteiger partial charge on any atom is -0.478 e. The van der Waals surface area contributed by atoms with Crippen molar-refractivity contribution in [3.05, 3.63) is 89.5 Å². The molecule has 0 saturated heterocycles. The maximum atomic E-state index is 13.5. The number of benzene rings is 2. The Morgan fingerprint density at radius 3 is 2.37 bits per heavy atom. The molecular weight excluding hydrogens is 465 g/mol. The van der Waals surface area contributed by atoms with Crippen LogP contribution in [0.2, 0.25) is 0 Å². The van der Waals surface area contributed by atoms with Gasteiger partial charge in [0.25, 0.3) is 0 Å². The van der Waals surface area contributed by atoms with Crippen molar-refractivity contribution in [3.63, 3.8) is 0 Å². The molecule has 4 rings (SSSR count). The lowest BCUT2D eigenvalue weighted by Gasteiger charge is -2.22. The lowest BCUT2D eigenvalue weighted by atomic mass is 9.84. The zero-order chi connectivity index (χ0) is 25.3. The molecule has 0 aliphatic heterocycles. The van der Waals surface area contributed by atoms with Crippen molar-refractivity contribution in [2.45, 2.75) is 19.0 Å². The molecule has 0 aliphatic rings. The molecule has 2 heterocycles. The summed E-state index contributed by atoms with van der Waals surface area (Å²) in [4.78, 5) is 36.3. The Labute approximate surface area is 196 Å². The SMILES string of the molecule is Cc1ccc(-c2cc(-n3ncnc3C(F)(F)F)cc(C(=O)O)c2C(C(N)=O)c2cnccn2)cc1. The van der Waals surface area contributed by atoms with Gasteiger partial charge < -0.3 is 10.8 Å². The third-order valence-electron chi connectivity index (χ3n) is 5.26. The van der Waals surface area contributed by atoms with E-state index < -0.39 is 35.4 Å². The predicted molar refractivity (Wildman–Crippen MR) is 117 cm³/mol. The van der Waals surface area contributed by atoms with Crippen LogP contribution in [0.3, 0.4) is 0 Å². The molecule has 4 aromatic rings. The van der Waals surface area contributed by atoms with Crippen molar-refractivity contribution >= 4 is 11.9 Å². The van der Waals surface area contributed by atoms with E-state index in [0.29, 0.717) is 16.6 Å². The van der Waals surface area contributed by atoms with Crippen LogP contribution < -0.4 is 5.73 Å². The van der Waals surface area contributed by atoms with E-state index in [0.717, 1.165) is 11.6 Å². The molecule has 1 amide bonds. The zero-order valence-electron chi connectivity index (χ0n) is 18.1. The maximum absolute atomic E-state index is 13.5. The number of nitrogens with two attached hydrogens (primary N) is 1. The molecule has 0 radical (unpaired) electrons. The zero-order valence-corrected chi connectivity index (χ0v) is 18.1. The fourth-order valence-electron chi connectivity index (χ4n) is 3.74. The number of nitrogens with zero attached hydrogens (tertiary/aromatic N) is 5. The molecule has 0 bridgehead atoms. The van der Waals surface area contributed by atoms with Crippen LogP contribution in [0.25, 0.3) is 16.8 Å². The Morgan fingerprint density at radius 2 is 1.80 bits per heavy atom. The number of rotatable bonds is 6. The van der Waals surface area contributed by atoms with E-state index in [1.54, 1.807) is 24.3 Å². The molecule has 3 N–H and O–H groups in total. The van der Waals surface area contributed by atoms with E-state index in [1.807, 2.05) is 6.92 Å². The number of aromatic nitrogens is 5. The minimum atomic E-state index is -4.85. The Balaban J connectivity index is 2.09. The maximum Gasteiger partial charge on any atom is 0.451 e. The van der Waals surface area contributed by atoms with Gasteiger partial charge in [-0.2, -0.15) is 18.3 Å². The highest BCUT2D eigenvalue weighted by Gasteiger charge is 2.38. The van der Waals surface area contributed by atoms with Gasteiger partial charge >= 0.3 is 12.1 Å². The Morgan fingerprint density at radius 1 is 1.09 bits per heavy atom. The number of carboxylic acids is 1. The first-order chi connectivity index (χ1) is 16.6. The molecule has 0 spiro atoms. The van der Waals surface area contributed by atoms with Crippen LogP contribution in [0.4, 0.5) is 13.2 Å². The summed E-state index contributed by atoms with van der Waals surface area (Å²) in [7, 11) is 0. The third-order valence-corrected chi connectivity index (χ3v) is 5.26. The fraction of sp³-hybridized carbons (Fsp3) is 0.130. The van der Waals surface area contributed by atoms with Gasteiger partial charge in [0, 0.05) is 18.6 Å². The van der Waals surface area contributed by atoms with E-state index >= 15 is 0 Å². The van der Waals surface area contributed by atoms with Gasteiger partial charge in [0.05, 0.1) is 16.9 Å². The fourth-order valence-corrected chi connectivity index (χ4v) is 3.74. The van der Waals surface area contributed by atoms with E-state index in [1.165, 1.54) is 24.7 Å². The molecule has 0 fully saturated rings. The van der Waals surface area contributed by atoms with Gasteiger partial charge in [0.15, 0.2) is 0 Å². The molecule has 1 atom stereocenters. The number of aryl methyl sites for hydroxylation is 1. The molecule has 35 heavy (non-hydrogen) atoms.